The second-order valence-corrected chi connectivity index (χ2v) is 4.96. The molecule has 1 N–H and O–H groups in total. The van der Waals surface area contributed by atoms with Crippen LogP contribution in [0.4, 0.5) is 15.9 Å². The van der Waals surface area contributed by atoms with E-state index in [-0.39, 0.29) is 5.82 Å². The van der Waals surface area contributed by atoms with Gasteiger partial charge in [-0.1, -0.05) is 12.1 Å². The fourth-order valence-electron chi connectivity index (χ4n) is 2.54. The van der Waals surface area contributed by atoms with Crippen molar-refractivity contribution >= 4 is 22.4 Å². The molecule has 0 bridgehead atoms. The van der Waals surface area contributed by atoms with E-state index in [0.717, 1.165) is 5.69 Å². The summed E-state index contributed by atoms with van der Waals surface area (Å²) in [5.41, 5.74) is 3.60. The van der Waals surface area contributed by atoms with E-state index in [1.165, 1.54) is 23.5 Å². The van der Waals surface area contributed by atoms with E-state index in [9.17, 15) is 4.39 Å². The van der Waals surface area contributed by atoms with E-state index in [4.69, 9.17) is 4.74 Å². The molecule has 0 atom stereocenters. The number of ether oxygens (including phenoxy) is 1. The fraction of sp³-hybridized carbons (Fsp3) is 0.125. The van der Waals surface area contributed by atoms with Crippen molar-refractivity contribution < 1.29 is 9.13 Å². The number of rotatable bonds is 2. The molecule has 5 heteroatoms. The van der Waals surface area contributed by atoms with Crippen LogP contribution in [0.3, 0.4) is 0 Å². The molecule has 4 rings (SSSR count). The molecule has 0 saturated heterocycles. The van der Waals surface area contributed by atoms with Gasteiger partial charge in [0, 0.05) is 11.1 Å². The number of benzene rings is 2. The minimum absolute atomic E-state index is 0.319. The van der Waals surface area contributed by atoms with Gasteiger partial charge < -0.3 is 10.1 Å². The minimum atomic E-state index is -0.347. The number of nitrogens with one attached hydrogen (secondary N) is 1. The Morgan fingerprint density at radius 3 is 2.90 bits per heavy atom. The molecule has 1 aliphatic rings. The highest BCUT2D eigenvalue weighted by Crippen LogP contribution is 2.27. The van der Waals surface area contributed by atoms with Crippen LogP contribution in [0.5, 0.6) is 0 Å². The van der Waals surface area contributed by atoms with Gasteiger partial charge in [0.25, 0.3) is 0 Å². The molecule has 0 spiro atoms. The van der Waals surface area contributed by atoms with Crippen LogP contribution in [-0.2, 0) is 18.0 Å². The number of halogens is 1. The van der Waals surface area contributed by atoms with E-state index in [0.29, 0.717) is 29.9 Å². The Morgan fingerprint density at radius 1 is 1.05 bits per heavy atom. The molecule has 1 aromatic heterocycles. The third-order valence-corrected chi connectivity index (χ3v) is 3.60. The average molecular weight is 281 g/mol. The zero-order chi connectivity index (χ0) is 14.2. The van der Waals surface area contributed by atoms with Gasteiger partial charge in [0.2, 0.25) is 0 Å². The maximum Gasteiger partial charge on any atom is 0.149 e. The summed E-state index contributed by atoms with van der Waals surface area (Å²) in [6.07, 6.45) is 1.37. The van der Waals surface area contributed by atoms with Gasteiger partial charge in [-0.3, -0.25) is 0 Å². The highest BCUT2D eigenvalue weighted by Gasteiger charge is 2.12. The predicted octanol–water partition coefficient (Wildman–Crippen LogP) is 3.54. The lowest BCUT2D eigenvalue weighted by atomic mass is 10.1. The quantitative estimate of drug-likeness (QED) is 0.780. The molecule has 0 radical (unpaired) electrons. The maximum absolute atomic E-state index is 13.8. The number of hydrogen-bond acceptors (Lipinski definition) is 4. The largest absolute Gasteiger partial charge is 0.372 e. The van der Waals surface area contributed by atoms with Crippen molar-refractivity contribution in [1.29, 1.82) is 0 Å². The third kappa shape index (κ3) is 2.11. The number of hydrogen-bond donors (Lipinski definition) is 1. The van der Waals surface area contributed by atoms with Gasteiger partial charge >= 0.3 is 0 Å². The summed E-state index contributed by atoms with van der Waals surface area (Å²) in [5, 5.41) is 3.89. The van der Waals surface area contributed by atoms with Gasteiger partial charge in [0.1, 0.15) is 23.5 Å². The first-order valence-electron chi connectivity index (χ1n) is 6.67. The highest BCUT2D eigenvalue weighted by molar-refractivity contribution is 5.90. The Kier molecular flexibility index (Phi) is 2.79. The molecule has 2 heterocycles. The summed E-state index contributed by atoms with van der Waals surface area (Å²) in [6.45, 7) is 1.29. The lowest BCUT2D eigenvalue weighted by Gasteiger charge is -2.09. The van der Waals surface area contributed by atoms with Crippen LogP contribution >= 0.6 is 0 Å². The van der Waals surface area contributed by atoms with Gasteiger partial charge in [-0.25, -0.2) is 14.4 Å². The second kappa shape index (κ2) is 4.79. The summed E-state index contributed by atoms with van der Waals surface area (Å²) in [7, 11) is 0. The topological polar surface area (TPSA) is 47.0 Å². The van der Waals surface area contributed by atoms with E-state index >= 15 is 0 Å². The molecule has 3 aromatic rings. The number of nitrogens with zero attached hydrogens (tertiary/aromatic N) is 2. The standard InChI is InChI=1S/C16H12FN3O/c17-14-3-1-2-13-15(14)18-9-19-16(13)20-12-5-4-10-7-21-8-11(10)6-12/h1-6,9H,7-8H2,(H,18,19,20). The maximum atomic E-state index is 13.8. The molecule has 0 amide bonds. The molecule has 4 nitrogen and oxygen atoms in total. The van der Waals surface area contributed by atoms with E-state index < -0.39 is 0 Å². The Labute approximate surface area is 120 Å². The summed E-state index contributed by atoms with van der Waals surface area (Å²) in [6, 6.07) is 10.9. The Balaban J connectivity index is 1.76. The molecule has 104 valence electrons. The van der Waals surface area contributed by atoms with E-state index in [1.54, 1.807) is 12.1 Å². The minimum Gasteiger partial charge on any atom is -0.372 e. The smallest absolute Gasteiger partial charge is 0.149 e. The predicted molar refractivity (Wildman–Crippen MR) is 77.7 cm³/mol. The monoisotopic (exact) mass is 281 g/mol. The van der Waals surface area contributed by atoms with Gasteiger partial charge in [-0.05, 0) is 35.4 Å². The molecular formula is C16H12FN3O. The van der Waals surface area contributed by atoms with Crippen molar-refractivity contribution in [2.75, 3.05) is 5.32 Å². The Morgan fingerprint density at radius 2 is 1.95 bits per heavy atom. The lowest BCUT2D eigenvalue weighted by Crippen LogP contribution is -1.98. The second-order valence-electron chi connectivity index (χ2n) is 4.96. The van der Waals surface area contributed by atoms with Gasteiger partial charge in [0.05, 0.1) is 13.2 Å². The van der Waals surface area contributed by atoms with Crippen LogP contribution in [-0.4, -0.2) is 9.97 Å². The van der Waals surface area contributed by atoms with Crippen LogP contribution in [0.2, 0.25) is 0 Å². The Bertz CT molecular complexity index is 835. The molecule has 0 aliphatic carbocycles. The van der Waals surface area contributed by atoms with E-state index in [2.05, 4.69) is 15.3 Å². The molecule has 2 aromatic carbocycles. The van der Waals surface area contributed by atoms with Gasteiger partial charge in [-0.2, -0.15) is 0 Å². The number of anilines is 2. The average Bonchev–Trinajstić information content (AvgIpc) is 2.96. The van der Waals surface area contributed by atoms with Crippen LogP contribution in [0.1, 0.15) is 11.1 Å². The first-order valence-corrected chi connectivity index (χ1v) is 6.67. The molecule has 0 saturated carbocycles. The zero-order valence-corrected chi connectivity index (χ0v) is 11.1. The first kappa shape index (κ1) is 12.2. The summed E-state index contributed by atoms with van der Waals surface area (Å²) >= 11 is 0. The molecule has 21 heavy (non-hydrogen) atoms. The SMILES string of the molecule is Fc1cccc2c(Nc3ccc4c(c3)COC4)ncnc12. The third-order valence-electron chi connectivity index (χ3n) is 3.60. The van der Waals surface area contributed by atoms with Crippen molar-refractivity contribution in [3.05, 3.63) is 59.7 Å². The summed E-state index contributed by atoms with van der Waals surface area (Å²) < 4.78 is 19.2. The lowest BCUT2D eigenvalue weighted by molar-refractivity contribution is 0.134. The van der Waals surface area contributed by atoms with Crippen molar-refractivity contribution in [3.8, 4) is 0 Å². The van der Waals surface area contributed by atoms with Crippen molar-refractivity contribution in [3.63, 3.8) is 0 Å². The molecule has 0 fully saturated rings. The van der Waals surface area contributed by atoms with Crippen molar-refractivity contribution in [2.45, 2.75) is 13.2 Å². The number of fused-ring (bicyclic) bond motifs is 2. The summed E-state index contributed by atoms with van der Waals surface area (Å²) in [4.78, 5) is 8.21. The van der Waals surface area contributed by atoms with Crippen LogP contribution in [0, 0.1) is 5.82 Å². The Hall–Kier alpha value is -2.53. The van der Waals surface area contributed by atoms with Crippen LogP contribution in [0.25, 0.3) is 10.9 Å². The first-order chi connectivity index (χ1) is 10.3. The fourth-order valence-corrected chi connectivity index (χ4v) is 2.54. The van der Waals surface area contributed by atoms with Gasteiger partial charge in [0.15, 0.2) is 0 Å². The molecule has 1 aliphatic heterocycles. The molecule has 0 unspecified atom stereocenters. The number of aromatic nitrogens is 2. The van der Waals surface area contributed by atoms with Crippen molar-refractivity contribution in [2.24, 2.45) is 0 Å². The number of para-hydroxylation sites is 1. The normalized spacial score (nSPS) is 13.4. The van der Waals surface area contributed by atoms with Crippen LogP contribution in [0.15, 0.2) is 42.7 Å². The van der Waals surface area contributed by atoms with Crippen molar-refractivity contribution in [1.82, 2.24) is 9.97 Å². The van der Waals surface area contributed by atoms with Gasteiger partial charge in [-0.15, -0.1) is 0 Å². The zero-order valence-electron chi connectivity index (χ0n) is 11.1. The van der Waals surface area contributed by atoms with E-state index in [1.807, 2.05) is 18.2 Å². The molecular weight excluding hydrogens is 269 g/mol. The summed E-state index contributed by atoms with van der Waals surface area (Å²) in [5.74, 6) is 0.249. The van der Waals surface area contributed by atoms with Crippen LogP contribution < -0.4 is 5.32 Å². The highest BCUT2D eigenvalue weighted by atomic mass is 19.1.